The second-order valence-electron chi connectivity index (χ2n) is 5.99. The summed E-state index contributed by atoms with van der Waals surface area (Å²) in [4.78, 5) is 17.0. The number of furan rings is 1. The third-order valence-corrected chi connectivity index (χ3v) is 4.38. The van der Waals surface area contributed by atoms with Gasteiger partial charge in [0.1, 0.15) is 11.3 Å². The molecule has 2 heterocycles. The van der Waals surface area contributed by atoms with E-state index in [0.717, 1.165) is 16.5 Å². The van der Waals surface area contributed by atoms with E-state index < -0.39 is 5.63 Å². The van der Waals surface area contributed by atoms with Crippen molar-refractivity contribution in [3.8, 4) is 22.8 Å². The highest BCUT2D eigenvalue weighted by Gasteiger charge is 2.21. The second-order valence-corrected chi connectivity index (χ2v) is 5.99. The summed E-state index contributed by atoms with van der Waals surface area (Å²) in [5, 5.41) is 1.32. The monoisotopic (exact) mass is 339 g/mol. The molecule has 2 aromatic heterocycles. The predicted octanol–water partition coefficient (Wildman–Crippen LogP) is 5.27. The van der Waals surface area contributed by atoms with E-state index in [4.69, 9.17) is 8.83 Å². The maximum atomic E-state index is 12.4. The van der Waals surface area contributed by atoms with Crippen molar-refractivity contribution in [3.05, 3.63) is 89.3 Å². The van der Waals surface area contributed by atoms with Crippen LogP contribution in [-0.4, -0.2) is 4.98 Å². The van der Waals surface area contributed by atoms with Crippen molar-refractivity contribution < 1.29 is 8.83 Å². The number of fused-ring (bicyclic) bond motifs is 2. The van der Waals surface area contributed by atoms with Gasteiger partial charge in [-0.3, -0.25) is 0 Å². The van der Waals surface area contributed by atoms with Crippen molar-refractivity contribution in [3.63, 3.8) is 0 Å². The Morgan fingerprint density at radius 2 is 1.38 bits per heavy atom. The lowest BCUT2D eigenvalue weighted by molar-refractivity contribution is 0.517. The summed E-state index contributed by atoms with van der Waals surface area (Å²) < 4.78 is 11.7. The van der Waals surface area contributed by atoms with Crippen molar-refractivity contribution in [2.24, 2.45) is 0 Å². The van der Waals surface area contributed by atoms with Gasteiger partial charge in [-0.15, -0.1) is 0 Å². The van der Waals surface area contributed by atoms with Crippen molar-refractivity contribution in [1.29, 1.82) is 0 Å². The molecular formula is C22H13NO3. The van der Waals surface area contributed by atoms with E-state index in [1.807, 2.05) is 60.7 Å². The Morgan fingerprint density at radius 1 is 0.692 bits per heavy atom. The smallest absolute Gasteiger partial charge is 0.347 e. The molecule has 0 aliphatic rings. The minimum absolute atomic E-state index is 0.262. The van der Waals surface area contributed by atoms with Gasteiger partial charge in [0.25, 0.3) is 0 Å². The van der Waals surface area contributed by atoms with E-state index in [9.17, 15) is 4.79 Å². The lowest BCUT2D eigenvalue weighted by Gasteiger charge is -2.03. The predicted molar refractivity (Wildman–Crippen MR) is 101 cm³/mol. The maximum absolute atomic E-state index is 12.4. The summed E-state index contributed by atoms with van der Waals surface area (Å²) in [6, 6.07) is 24.6. The van der Waals surface area contributed by atoms with Gasteiger partial charge < -0.3 is 8.83 Å². The quantitative estimate of drug-likeness (QED) is 0.440. The van der Waals surface area contributed by atoms with Gasteiger partial charge in [0.05, 0.1) is 16.5 Å². The summed E-state index contributed by atoms with van der Waals surface area (Å²) in [5.41, 5.74) is 2.50. The van der Waals surface area contributed by atoms with Crippen LogP contribution in [0.3, 0.4) is 0 Å². The number of hydrogen-bond acceptors (Lipinski definition) is 4. The van der Waals surface area contributed by atoms with Crippen LogP contribution in [0, 0.1) is 0 Å². The van der Waals surface area contributed by atoms with E-state index in [2.05, 4.69) is 4.98 Å². The molecule has 0 saturated heterocycles. The number of nitrogens with zero attached hydrogens (tertiary/aromatic N) is 1. The summed E-state index contributed by atoms with van der Waals surface area (Å²) >= 11 is 0. The minimum Gasteiger partial charge on any atom is -0.455 e. The minimum atomic E-state index is -0.408. The van der Waals surface area contributed by atoms with E-state index in [-0.39, 0.29) is 5.89 Å². The Balaban J connectivity index is 1.88. The van der Waals surface area contributed by atoms with Crippen molar-refractivity contribution >= 4 is 21.9 Å². The van der Waals surface area contributed by atoms with Crippen LogP contribution in [0.25, 0.3) is 44.7 Å². The Hall–Kier alpha value is -3.66. The Labute approximate surface area is 148 Å². The van der Waals surface area contributed by atoms with Gasteiger partial charge >= 0.3 is 5.63 Å². The number of para-hydroxylation sites is 2. The normalized spacial score (nSPS) is 11.2. The third-order valence-electron chi connectivity index (χ3n) is 4.38. The molecule has 0 bridgehead atoms. The molecule has 0 amide bonds. The van der Waals surface area contributed by atoms with Crippen LogP contribution < -0.4 is 5.63 Å². The summed E-state index contributed by atoms with van der Waals surface area (Å²) in [7, 11) is 0. The zero-order valence-electron chi connectivity index (χ0n) is 13.7. The molecule has 3 aromatic carbocycles. The molecule has 4 heteroatoms. The standard InChI is InChI=1S/C22H13NO3/c24-22-15-10-4-6-12-17(15)23-21(26-22)19-16-11-5-7-13-18(16)25-20(19)14-8-2-1-3-9-14/h1-13H. The van der Waals surface area contributed by atoms with Crippen LogP contribution in [0.5, 0.6) is 0 Å². The highest BCUT2D eigenvalue weighted by atomic mass is 16.4. The van der Waals surface area contributed by atoms with E-state index in [1.54, 1.807) is 18.2 Å². The molecule has 0 N–H and O–H groups in total. The molecule has 5 rings (SSSR count). The fourth-order valence-corrected chi connectivity index (χ4v) is 3.18. The molecule has 0 spiro atoms. The van der Waals surface area contributed by atoms with Crippen LogP contribution in [0.2, 0.25) is 0 Å². The highest BCUT2D eigenvalue weighted by molar-refractivity contribution is 6.00. The molecule has 4 nitrogen and oxygen atoms in total. The zero-order valence-corrected chi connectivity index (χ0v) is 13.7. The van der Waals surface area contributed by atoms with E-state index >= 15 is 0 Å². The van der Waals surface area contributed by atoms with Crippen molar-refractivity contribution in [2.45, 2.75) is 0 Å². The largest absolute Gasteiger partial charge is 0.455 e. The van der Waals surface area contributed by atoms with Crippen molar-refractivity contribution in [1.82, 2.24) is 4.98 Å². The van der Waals surface area contributed by atoms with Crippen LogP contribution >= 0.6 is 0 Å². The van der Waals surface area contributed by atoms with Gasteiger partial charge in [0.15, 0.2) is 0 Å². The first-order valence-electron chi connectivity index (χ1n) is 8.28. The molecule has 0 radical (unpaired) electrons. The van der Waals surface area contributed by atoms with Gasteiger partial charge in [-0.1, -0.05) is 60.7 Å². The van der Waals surface area contributed by atoms with Crippen LogP contribution in [-0.2, 0) is 0 Å². The van der Waals surface area contributed by atoms with Gasteiger partial charge in [-0.05, 0) is 18.2 Å². The van der Waals surface area contributed by atoms with E-state index in [0.29, 0.717) is 22.2 Å². The topological polar surface area (TPSA) is 56.2 Å². The first-order chi connectivity index (χ1) is 12.8. The number of aromatic nitrogens is 1. The van der Waals surface area contributed by atoms with Crippen molar-refractivity contribution in [2.75, 3.05) is 0 Å². The molecular weight excluding hydrogens is 326 g/mol. The van der Waals surface area contributed by atoms with E-state index in [1.165, 1.54) is 0 Å². The molecule has 0 aliphatic heterocycles. The number of rotatable bonds is 2. The van der Waals surface area contributed by atoms with Gasteiger partial charge in [0, 0.05) is 10.9 Å². The Kier molecular flexibility index (Phi) is 3.22. The van der Waals surface area contributed by atoms with Crippen LogP contribution in [0.15, 0.2) is 92.5 Å². The average Bonchev–Trinajstić information content (AvgIpc) is 3.08. The second kappa shape index (κ2) is 5.70. The first-order valence-corrected chi connectivity index (χ1v) is 8.28. The summed E-state index contributed by atoms with van der Waals surface area (Å²) in [6.07, 6.45) is 0. The number of benzene rings is 3. The van der Waals surface area contributed by atoms with Gasteiger partial charge in [-0.2, -0.15) is 0 Å². The highest BCUT2D eigenvalue weighted by Crippen LogP contribution is 2.39. The molecule has 124 valence electrons. The molecule has 5 aromatic rings. The fourth-order valence-electron chi connectivity index (χ4n) is 3.18. The van der Waals surface area contributed by atoms with Gasteiger partial charge in [-0.25, -0.2) is 9.78 Å². The van der Waals surface area contributed by atoms with Crippen LogP contribution in [0.4, 0.5) is 0 Å². The Morgan fingerprint density at radius 3 is 2.23 bits per heavy atom. The number of hydrogen-bond donors (Lipinski definition) is 0. The molecule has 0 aliphatic carbocycles. The van der Waals surface area contributed by atoms with Gasteiger partial charge in [0.2, 0.25) is 5.89 Å². The average molecular weight is 339 g/mol. The molecule has 26 heavy (non-hydrogen) atoms. The maximum Gasteiger partial charge on any atom is 0.347 e. The molecule has 0 saturated carbocycles. The van der Waals surface area contributed by atoms with Crippen LogP contribution in [0.1, 0.15) is 0 Å². The lowest BCUT2D eigenvalue weighted by atomic mass is 10.1. The zero-order chi connectivity index (χ0) is 17.5. The SMILES string of the molecule is O=c1oc(-c2c(-c3ccccc3)oc3ccccc23)nc2ccccc12. The summed E-state index contributed by atoms with van der Waals surface area (Å²) in [6.45, 7) is 0. The molecule has 0 unspecified atom stereocenters. The Bertz CT molecular complexity index is 1300. The summed E-state index contributed by atoms with van der Waals surface area (Å²) in [5.74, 6) is 0.898. The lowest BCUT2D eigenvalue weighted by Crippen LogP contribution is -2.02. The fraction of sp³-hybridized carbons (Fsp3) is 0. The molecule has 0 atom stereocenters. The first kappa shape index (κ1) is 14.7. The molecule has 0 fully saturated rings. The third kappa shape index (κ3) is 2.24.